The van der Waals surface area contributed by atoms with Gasteiger partial charge in [0.15, 0.2) is 0 Å². The lowest BCUT2D eigenvalue weighted by Crippen LogP contribution is -2.15. The molecule has 0 radical (unpaired) electrons. The number of methoxy groups -OCH3 is 1. The molecule has 0 fully saturated rings. The highest BCUT2D eigenvalue weighted by Crippen LogP contribution is 2.20. The Morgan fingerprint density at radius 2 is 1.96 bits per heavy atom. The Hall–Kier alpha value is -3.12. The number of amides is 1. The van der Waals surface area contributed by atoms with E-state index < -0.39 is 0 Å². The van der Waals surface area contributed by atoms with E-state index >= 15 is 0 Å². The number of nitrogens with zero attached hydrogens (tertiary/aromatic N) is 2. The molecule has 0 saturated heterocycles. The second-order valence-corrected chi connectivity index (χ2v) is 6.30. The summed E-state index contributed by atoms with van der Waals surface area (Å²) in [6, 6.07) is 13.0. The molecule has 2 aromatic carbocycles. The Balaban J connectivity index is 1.63. The van der Waals surface area contributed by atoms with Gasteiger partial charge in [-0.2, -0.15) is 0 Å². The van der Waals surface area contributed by atoms with Crippen molar-refractivity contribution in [1.29, 1.82) is 0 Å². The number of halogens is 1. The topological polar surface area (TPSA) is 76.1 Å². The predicted molar refractivity (Wildman–Crippen MR) is 106 cm³/mol. The first-order valence-electron chi connectivity index (χ1n) is 8.32. The molecule has 27 heavy (non-hydrogen) atoms. The molecule has 138 valence electrons. The van der Waals surface area contributed by atoms with E-state index in [1.807, 2.05) is 31.2 Å². The molecule has 1 amide bonds. The van der Waals surface area contributed by atoms with Gasteiger partial charge in [0.1, 0.15) is 17.3 Å². The van der Waals surface area contributed by atoms with Gasteiger partial charge < -0.3 is 15.4 Å². The summed E-state index contributed by atoms with van der Waals surface area (Å²) in [6.45, 7) is 2.41. The summed E-state index contributed by atoms with van der Waals surface area (Å²) in [5, 5.41) is 6.60. The lowest BCUT2D eigenvalue weighted by molar-refractivity contribution is 0.102. The number of hydrogen-bond donors (Lipinski definition) is 2. The number of anilines is 2. The van der Waals surface area contributed by atoms with Crippen molar-refractivity contribution >= 4 is 29.0 Å². The molecule has 2 N–H and O–H groups in total. The molecule has 0 aliphatic carbocycles. The van der Waals surface area contributed by atoms with Crippen LogP contribution in [0.1, 0.15) is 21.6 Å². The molecule has 3 rings (SSSR count). The predicted octanol–water partition coefficient (Wildman–Crippen LogP) is 4.31. The molecule has 0 unspecified atom stereocenters. The number of aryl methyl sites for hydroxylation is 1. The standard InChI is InChI=1S/C20H19ClN4O2/c1-13-9-15(21)7-8-16(13)25-20(26)17-11-24-19(12-22-17)23-10-14-5-3-4-6-18(14)27-2/h3-9,11-12H,10H2,1-2H3,(H,23,24)(H,25,26). The van der Waals surface area contributed by atoms with Gasteiger partial charge in [-0.25, -0.2) is 9.97 Å². The van der Waals surface area contributed by atoms with E-state index in [2.05, 4.69) is 20.6 Å². The molecule has 1 aromatic heterocycles. The minimum atomic E-state index is -0.329. The second kappa shape index (κ2) is 8.51. The summed E-state index contributed by atoms with van der Waals surface area (Å²) >= 11 is 5.93. The molecule has 0 aliphatic rings. The van der Waals surface area contributed by atoms with E-state index in [0.717, 1.165) is 16.9 Å². The molecule has 0 atom stereocenters. The van der Waals surface area contributed by atoms with Crippen LogP contribution in [-0.4, -0.2) is 23.0 Å². The van der Waals surface area contributed by atoms with E-state index in [1.165, 1.54) is 12.4 Å². The molecule has 0 spiro atoms. The first-order chi connectivity index (χ1) is 13.1. The highest BCUT2D eigenvalue weighted by atomic mass is 35.5. The minimum Gasteiger partial charge on any atom is -0.496 e. The SMILES string of the molecule is COc1ccccc1CNc1cnc(C(=O)Nc2ccc(Cl)cc2C)cn1. The Morgan fingerprint density at radius 3 is 2.67 bits per heavy atom. The second-order valence-electron chi connectivity index (χ2n) is 5.87. The zero-order valence-electron chi connectivity index (χ0n) is 15.0. The van der Waals surface area contributed by atoms with Crippen LogP contribution in [0.15, 0.2) is 54.9 Å². The number of ether oxygens (including phenoxy) is 1. The van der Waals surface area contributed by atoms with Crippen molar-refractivity contribution in [3.8, 4) is 5.75 Å². The van der Waals surface area contributed by atoms with E-state index in [1.54, 1.807) is 25.3 Å². The van der Waals surface area contributed by atoms with E-state index in [4.69, 9.17) is 16.3 Å². The van der Waals surface area contributed by atoms with E-state index in [-0.39, 0.29) is 11.6 Å². The van der Waals surface area contributed by atoms with Gasteiger partial charge in [-0.3, -0.25) is 4.79 Å². The van der Waals surface area contributed by atoms with E-state index in [0.29, 0.717) is 23.1 Å². The Morgan fingerprint density at radius 1 is 1.15 bits per heavy atom. The van der Waals surface area contributed by atoms with Crippen molar-refractivity contribution in [2.24, 2.45) is 0 Å². The smallest absolute Gasteiger partial charge is 0.275 e. The van der Waals surface area contributed by atoms with Crippen molar-refractivity contribution in [2.75, 3.05) is 17.7 Å². The Labute approximate surface area is 162 Å². The van der Waals surface area contributed by atoms with Crippen molar-refractivity contribution < 1.29 is 9.53 Å². The first-order valence-corrected chi connectivity index (χ1v) is 8.70. The molecule has 1 heterocycles. The fourth-order valence-electron chi connectivity index (χ4n) is 2.53. The van der Waals surface area contributed by atoms with Gasteiger partial charge in [-0.15, -0.1) is 0 Å². The lowest BCUT2D eigenvalue weighted by atomic mass is 10.2. The minimum absolute atomic E-state index is 0.229. The van der Waals surface area contributed by atoms with Crippen LogP contribution >= 0.6 is 11.6 Å². The van der Waals surface area contributed by atoms with Crippen LogP contribution in [0.25, 0.3) is 0 Å². The summed E-state index contributed by atoms with van der Waals surface area (Å²) in [5.74, 6) is 1.04. The van der Waals surface area contributed by atoms with Crippen LogP contribution in [-0.2, 0) is 6.54 Å². The van der Waals surface area contributed by atoms with Gasteiger partial charge in [0.05, 0.1) is 19.5 Å². The summed E-state index contributed by atoms with van der Waals surface area (Å²) in [7, 11) is 1.63. The number of aromatic nitrogens is 2. The number of para-hydroxylation sites is 1. The lowest BCUT2D eigenvalue weighted by Gasteiger charge is -2.10. The monoisotopic (exact) mass is 382 g/mol. The van der Waals surface area contributed by atoms with Gasteiger partial charge >= 0.3 is 0 Å². The van der Waals surface area contributed by atoms with Gasteiger partial charge in [0.25, 0.3) is 5.91 Å². The summed E-state index contributed by atoms with van der Waals surface area (Å²) in [6.07, 6.45) is 2.96. The highest BCUT2D eigenvalue weighted by Gasteiger charge is 2.10. The molecule has 6 nitrogen and oxygen atoms in total. The number of rotatable bonds is 6. The molecule has 3 aromatic rings. The summed E-state index contributed by atoms with van der Waals surface area (Å²) in [5.41, 5.74) is 2.79. The zero-order chi connectivity index (χ0) is 19.2. The molecule has 0 bridgehead atoms. The molecular formula is C20H19ClN4O2. The van der Waals surface area contributed by atoms with Crippen LogP contribution in [0, 0.1) is 6.92 Å². The third-order valence-electron chi connectivity index (χ3n) is 3.97. The number of carbonyl (C=O) groups is 1. The Kier molecular flexibility index (Phi) is 5.88. The van der Waals surface area contributed by atoms with Crippen LogP contribution in [0.5, 0.6) is 5.75 Å². The largest absolute Gasteiger partial charge is 0.496 e. The van der Waals surface area contributed by atoms with Crippen molar-refractivity contribution in [3.05, 3.63) is 76.7 Å². The zero-order valence-corrected chi connectivity index (χ0v) is 15.7. The number of nitrogens with one attached hydrogen (secondary N) is 2. The summed E-state index contributed by atoms with van der Waals surface area (Å²) in [4.78, 5) is 20.8. The van der Waals surface area contributed by atoms with Crippen molar-refractivity contribution in [2.45, 2.75) is 13.5 Å². The fraction of sp³-hybridized carbons (Fsp3) is 0.150. The van der Waals surface area contributed by atoms with Crippen LogP contribution < -0.4 is 15.4 Å². The summed E-state index contributed by atoms with van der Waals surface area (Å²) < 4.78 is 5.32. The average Bonchev–Trinajstić information content (AvgIpc) is 2.69. The number of hydrogen-bond acceptors (Lipinski definition) is 5. The van der Waals surface area contributed by atoms with Gasteiger partial charge in [0.2, 0.25) is 0 Å². The van der Waals surface area contributed by atoms with Gasteiger partial charge in [0, 0.05) is 22.8 Å². The number of carbonyl (C=O) groups excluding carboxylic acids is 1. The molecule has 0 aliphatic heterocycles. The van der Waals surface area contributed by atoms with Crippen LogP contribution in [0.4, 0.5) is 11.5 Å². The van der Waals surface area contributed by atoms with Crippen molar-refractivity contribution in [3.63, 3.8) is 0 Å². The highest BCUT2D eigenvalue weighted by molar-refractivity contribution is 6.30. The van der Waals surface area contributed by atoms with Gasteiger partial charge in [-0.05, 0) is 36.8 Å². The maximum absolute atomic E-state index is 12.3. The van der Waals surface area contributed by atoms with Crippen molar-refractivity contribution in [1.82, 2.24) is 9.97 Å². The third kappa shape index (κ3) is 4.74. The molecule has 0 saturated carbocycles. The quantitative estimate of drug-likeness (QED) is 0.664. The van der Waals surface area contributed by atoms with Gasteiger partial charge in [-0.1, -0.05) is 29.8 Å². The maximum Gasteiger partial charge on any atom is 0.275 e. The average molecular weight is 383 g/mol. The van der Waals surface area contributed by atoms with Crippen LogP contribution in [0.2, 0.25) is 5.02 Å². The molecule has 7 heteroatoms. The van der Waals surface area contributed by atoms with E-state index in [9.17, 15) is 4.79 Å². The third-order valence-corrected chi connectivity index (χ3v) is 4.21. The Bertz CT molecular complexity index is 945. The van der Waals surface area contributed by atoms with Crippen LogP contribution in [0.3, 0.4) is 0 Å². The normalized spacial score (nSPS) is 10.3. The first kappa shape index (κ1) is 18.7. The number of benzene rings is 2. The fourth-order valence-corrected chi connectivity index (χ4v) is 2.75. The maximum atomic E-state index is 12.3. The molecular weight excluding hydrogens is 364 g/mol.